The van der Waals surface area contributed by atoms with Crippen molar-refractivity contribution in [1.82, 2.24) is 10.6 Å². The van der Waals surface area contributed by atoms with Gasteiger partial charge in [-0.25, -0.2) is 9.59 Å². The summed E-state index contributed by atoms with van der Waals surface area (Å²) >= 11 is 0. The van der Waals surface area contributed by atoms with E-state index in [1.54, 1.807) is 6.92 Å². The number of fused-ring (bicyclic) bond motifs is 6. The summed E-state index contributed by atoms with van der Waals surface area (Å²) in [4.78, 5) is 37.1. The van der Waals surface area contributed by atoms with Crippen LogP contribution in [0.5, 0.6) is 0 Å². The smallest absolute Gasteiger partial charge is 0.407 e. The van der Waals surface area contributed by atoms with Gasteiger partial charge in [0, 0.05) is 16.9 Å². The zero-order valence-corrected chi connectivity index (χ0v) is 20.0. The number of benzene rings is 2. The summed E-state index contributed by atoms with van der Waals surface area (Å²) in [7, 11) is 0. The molecule has 0 saturated heterocycles. The van der Waals surface area contributed by atoms with Crippen LogP contribution in [-0.4, -0.2) is 41.3 Å². The molecule has 2 bridgehead atoms. The maximum atomic E-state index is 12.9. The molecule has 4 aliphatic carbocycles. The number of carboxylic acids is 1. The lowest BCUT2D eigenvalue weighted by Crippen LogP contribution is -2.60. The largest absolute Gasteiger partial charge is 0.480 e. The maximum absolute atomic E-state index is 12.9. The highest BCUT2D eigenvalue weighted by atomic mass is 16.5. The Balaban J connectivity index is 1.19. The molecule has 1 unspecified atom stereocenters. The predicted octanol–water partition coefficient (Wildman–Crippen LogP) is 4.60. The molecule has 3 saturated carbocycles. The first-order valence-corrected chi connectivity index (χ1v) is 12.5. The van der Waals surface area contributed by atoms with E-state index in [0.29, 0.717) is 44.9 Å². The van der Waals surface area contributed by atoms with Crippen molar-refractivity contribution in [3.05, 3.63) is 59.7 Å². The number of hydrogen-bond acceptors (Lipinski definition) is 4. The Morgan fingerprint density at radius 2 is 1.49 bits per heavy atom. The fourth-order valence-corrected chi connectivity index (χ4v) is 6.21. The van der Waals surface area contributed by atoms with E-state index >= 15 is 0 Å². The predicted molar refractivity (Wildman–Crippen MR) is 131 cm³/mol. The van der Waals surface area contributed by atoms with E-state index in [1.807, 2.05) is 24.3 Å². The van der Waals surface area contributed by atoms with Gasteiger partial charge in [-0.3, -0.25) is 4.79 Å². The number of carbonyl (C=O) groups excluding carboxylic acids is 2. The van der Waals surface area contributed by atoms with Gasteiger partial charge in [0.15, 0.2) is 0 Å². The SMILES string of the molecule is CCC(NC(=O)C12CCC(NC(=O)OCC3c4ccccc4-c4ccccc43)(CC1)CC2)C(=O)O. The highest BCUT2D eigenvalue weighted by molar-refractivity contribution is 5.88. The third kappa shape index (κ3) is 4.17. The average molecular weight is 477 g/mol. The topological polar surface area (TPSA) is 105 Å². The van der Waals surface area contributed by atoms with Crippen molar-refractivity contribution < 1.29 is 24.2 Å². The van der Waals surface area contributed by atoms with Crippen LogP contribution < -0.4 is 10.6 Å². The molecule has 0 heterocycles. The van der Waals surface area contributed by atoms with Crippen LogP contribution >= 0.6 is 0 Å². The lowest BCUT2D eigenvalue weighted by atomic mass is 9.57. The summed E-state index contributed by atoms with van der Waals surface area (Å²) in [6.07, 6.45) is 3.92. The van der Waals surface area contributed by atoms with Gasteiger partial charge >= 0.3 is 12.1 Å². The minimum absolute atomic E-state index is 0.0143. The van der Waals surface area contributed by atoms with E-state index < -0.39 is 23.5 Å². The van der Waals surface area contributed by atoms with Gasteiger partial charge in [0.2, 0.25) is 5.91 Å². The van der Waals surface area contributed by atoms with Gasteiger partial charge < -0.3 is 20.5 Å². The Kier molecular flexibility index (Phi) is 6.03. The number of carbonyl (C=O) groups is 3. The lowest BCUT2D eigenvalue weighted by molar-refractivity contribution is -0.146. The third-order valence-corrected chi connectivity index (χ3v) is 8.45. The van der Waals surface area contributed by atoms with Crippen LogP contribution in [0.25, 0.3) is 11.1 Å². The lowest BCUT2D eigenvalue weighted by Gasteiger charge is -2.52. The number of rotatable bonds is 7. The molecule has 35 heavy (non-hydrogen) atoms. The molecule has 4 aliphatic rings. The number of aliphatic carboxylic acids is 1. The number of hydrogen-bond donors (Lipinski definition) is 3. The Morgan fingerprint density at radius 1 is 0.943 bits per heavy atom. The molecule has 0 spiro atoms. The van der Waals surface area contributed by atoms with Crippen LogP contribution in [0.3, 0.4) is 0 Å². The van der Waals surface area contributed by atoms with Crippen molar-refractivity contribution >= 4 is 18.0 Å². The zero-order chi connectivity index (χ0) is 24.6. The van der Waals surface area contributed by atoms with Crippen molar-refractivity contribution in [1.29, 1.82) is 0 Å². The summed E-state index contributed by atoms with van der Waals surface area (Å²) in [5.41, 5.74) is 3.85. The van der Waals surface area contributed by atoms with Crippen LogP contribution in [0.1, 0.15) is 68.9 Å². The molecule has 0 aliphatic heterocycles. The Bertz CT molecular complexity index is 1090. The third-order valence-electron chi connectivity index (χ3n) is 8.45. The van der Waals surface area contributed by atoms with Crippen molar-refractivity contribution in [3.63, 3.8) is 0 Å². The number of nitrogens with one attached hydrogen (secondary N) is 2. The summed E-state index contributed by atoms with van der Waals surface area (Å²) < 4.78 is 5.76. The molecular formula is C28H32N2O5. The van der Waals surface area contributed by atoms with Gasteiger partial charge in [-0.1, -0.05) is 55.5 Å². The van der Waals surface area contributed by atoms with E-state index in [4.69, 9.17) is 4.74 Å². The van der Waals surface area contributed by atoms with Gasteiger partial charge in [-0.05, 0) is 67.2 Å². The van der Waals surface area contributed by atoms with Gasteiger partial charge in [0.05, 0.1) is 0 Å². The van der Waals surface area contributed by atoms with Crippen molar-refractivity contribution in [2.45, 2.75) is 69.4 Å². The first kappa shape index (κ1) is 23.4. The maximum Gasteiger partial charge on any atom is 0.407 e. The van der Waals surface area contributed by atoms with E-state index in [1.165, 1.54) is 22.3 Å². The molecule has 3 N–H and O–H groups in total. The molecule has 1 atom stereocenters. The Morgan fingerprint density at radius 3 is 2.00 bits per heavy atom. The summed E-state index contributed by atoms with van der Waals surface area (Å²) in [5.74, 6) is -1.16. The fraction of sp³-hybridized carbons (Fsp3) is 0.464. The minimum atomic E-state index is -1.00. The highest BCUT2D eigenvalue weighted by Gasteiger charge is 2.53. The van der Waals surface area contributed by atoms with Gasteiger partial charge in [-0.2, -0.15) is 0 Å². The van der Waals surface area contributed by atoms with E-state index in [9.17, 15) is 19.5 Å². The minimum Gasteiger partial charge on any atom is -0.480 e. The van der Waals surface area contributed by atoms with Crippen molar-refractivity contribution in [3.8, 4) is 11.1 Å². The molecule has 3 fully saturated rings. The van der Waals surface area contributed by atoms with E-state index in [0.717, 1.165) is 0 Å². The standard InChI is InChI=1S/C28H32N2O5/c1-2-23(24(31)32)29-25(33)27-11-14-28(15-12-27,16-13-27)30-26(34)35-17-22-20-9-5-3-7-18(20)19-8-4-6-10-21(19)22/h3-10,22-23H,2,11-17H2,1H3,(H,29,33)(H,30,34)(H,31,32). The molecule has 184 valence electrons. The molecule has 6 rings (SSSR count). The second kappa shape index (κ2) is 9.02. The van der Waals surface area contributed by atoms with Crippen LogP contribution in [0.15, 0.2) is 48.5 Å². The second-order valence-corrected chi connectivity index (χ2v) is 10.3. The molecule has 7 heteroatoms. The molecular weight excluding hydrogens is 444 g/mol. The van der Waals surface area contributed by atoms with Crippen LogP contribution in [-0.2, 0) is 14.3 Å². The Labute approximate surface area is 205 Å². The average Bonchev–Trinajstić information content (AvgIpc) is 3.20. The molecule has 0 radical (unpaired) electrons. The monoisotopic (exact) mass is 476 g/mol. The van der Waals surface area contributed by atoms with Crippen molar-refractivity contribution in [2.24, 2.45) is 5.41 Å². The number of amides is 2. The first-order valence-electron chi connectivity index (χ1n) is 12.5. The molecule has 2 aromatic carbocycles. The van der Waals surface area contributed by atoms with Crippen LogP contribution in [0.4, 0.5) is 4.79 Å². The van der Waals surface area contributed by atoms with Gasteiger partial charge in [0.1, 0.15) is 12.6 Å². The Hall–Kier alpha value is -3.35. The highest BCUT2D eigenvalue weighted by Crippen LogP contribution is 2.52. The summed E-state index contributed by atoms with van der Waals surface area (Å²) in [6.45, 7) is 2.03. The number of carboxylic acid groups (broad SMARTS) is 1. The molecule has 7 nitrogen and oxygen atoms in total. The molecule has 2 aromatic rings. The molecule has 2 amide bonds. The first-order chi connectivity index (χ1) is 16.9. The van der Waals surface area contributed by atoms with Crippen LogP contribution in [0.2, 0.25) is 0 Å². The second-order valence-electron chi connectivity index (χ2n) is 10.3. The van der Waals surface area contributed by atoms with E-state index in [-0.39, 0.29) is 24.0 Å². The number of alkyl carbamates (subject to hydrolysis) is 1. The van der Waals surface area contributed by atoms with Gasteiger partial charge in [0.25, 0.3) is 0 Å². The summed E-state index contributed by atoms with van der Waals surface area (Å²) in [5, 5.41) is 15.1. The quantitative estimate of drug-likeness (QED) is 0.542. The van der Waals surface area contributed by atoms with Crippen LogP contribution in [0, 0.1) is 5.41 Å². The summed E-state index contributed by atoms with van der Waals surface area (Å²) in [6, 6.07) is 15.6. The van der Waals surface area contributed by atoms with Crippen molar-refractivity contribution in [2.75, 3.05) is 6.61 Å². The zero-order valence-electron chi connectivity index (χ0n) is 20.0. The normalized spacial score (nSPS) is 25.3. The van der Waals surface area contributed by atoms with E-state index in [2.05, 4.69) is 34.9 Å². The number of ether oxygens (including phenoxy) is 1. The van der Waals surface area contributed by atoms with Gasteiger partial charge in [-0.15, -0.1) is 0 Å². The molecule has 0 aromatic heterocycles. The fourth-order valence-electron chi connectivity index (χ4n) is 6.21.